The normalized spacial score (nSPS) is 17.7. The zero-order valence-corrected chi connectivity index (χ0v) is 9.72. The number of carbonyl (C=O) groups excluding carboxylic acids is 1. The lowest BCUT2D eigenvalue weighted by Crippen LogP contribution is -2.34. The molecular formula is C12H22N2O. The Morgan fingerprint density at radius 2 is 2.27 bits per heavy atom. The molecule has 1 amide bonds. The largest absolute Gasteiger partial charge is 0.339 e. The summed E-state index contributed by atoms with van der Waals surface area (Å²) in [6.07, 6.45) is 4.09. The number of nitrogens with zero attached hydrogens (tertiary/aromatic N) is 1. The second-order valence-corrected chi connectivity index (χ2v) is 4.16. The van der Waals surface area contributed by atoms with E-state index in [2.05, 4.69) is 18.8 Å². The standard InChI is InChI=1S/C12H22N2O/c1-3-13-9-11(2)10-14-8-6-4-5-7-12(14)15/h13H,2-10H2,1H3. The number of hydrogen-bond acceptors (Lipinski definition) is 2. The maximum Gasteiger partial charge on any atom is 0.222 e. The highest BCUT2D eigenvalue weighted by molar-refractivity contribution is 5.76. The number of likely N-dealkylation sites (tertiary alicyclic amines) is 1. The maximum atomic E-state index is 11.7. The zero-order valence-electron chi connectivity index (χ0n) is 9.72. The summed E-state index contributed by atoms with van der Waals surface area (Å²) in [5, 5.41) is 3.23. The van der Waals surface area contributed by atoms with Crippen molar-refractivity contribution in [3.63, 3.8) is 0 Å². The van der Waals surface area contributed by atoms with E-state index in [0.29, 0.717) is 12.3 Å². The highest BCUT2D eigenvalue weighted by Gasteiger charge is 2.16. The van der Waals surface area contributed by atoms with Gasteiger partial charge in [0.1, 0.15) is 0 Å². The lowest BCUT2D eigenvalue weighted by Gasteiger charge is -2.21. The van der Waals surface area contributed by atoms with Gasteiger partial charge in [0, 0.05) is 26.1 Å². The molecule has 3 nitrogen and oxygen atoms in total. The van der Waals surface area contributed by atoms with E-state index in [9.17, 15) is 4.79 Å². The molecular weight excluding hydrogens is 188 g/mol. The van der Waals surface area contributed by atoms with Crippen molar-refractivity contribution in [2.75, 3.05) is 26.2 Å². The van der Waals surface area contributed by atoms with E-state index in [1.807, 2.05) is 4.90 Å². The van der Waals surface area contributed by atoms with E-state index in [1.54, 1.807) is 0 Å². The van der Waals surface area contributed by atoms with Crippen LogP contribution in [0.15, 0.2) is 12.2 Å². The first kappa shape index (κ1) is 12.2. The number of likely N-dealkylation sites (N-methyl/N-ethyl adjacent to an activating group) is 1. The molecule has 0 atom stereocenters. The van der Waals surface area contributed by atoms with Crippen LogP contribution < -0.4 is 5.32 Å². The lowest BCUT2D eigenvalue weighted by molar-refractivity contribution is -0.130. The van der Waals surface area contributed by atoms with Crippen molar-refractivity contribution >= 4 is 5.91 Å². The molecule has 1 saturated heterocycles. The van der Waals surface area contributed by atoms with Gasteiger partial charge in [-0.25, -0.2) is 0 Å². The number of amides is 1. The van der Waals surface area contributed by atoms with E-state index in [1.165, 1.54) is 6.42 Å². The van der Waals surface area contributed by atoms with Crippen molar-refractivity contribution in [2.45, 2.75) is 32.6 Å². The molecule has 0 unspecified atom stereocenters. The fourth-order valence-corrected chi connectivity index (χ4v) is 1.83. The van der Waals surface area contributed by atoms with Gasteiger partial charge in [0.05, 0.1) is 0 Å². The minimum Gasteiger partial charge on any atom is -0.339 e. The van der Waals surface area contributed by atoms with Gasteiger partial charge in [0.25, 0.3) is 0 Å². The second-order valence-electron chi connectivity index (χ2n) is 4.16. The second kappa shape index (κ2) is 6.62. The molecule has 0 aromatic heterocycles. The van der Waals surface area contributed by atoms with Gasteiger partial charge in [-0.2, -0.15) is 0 Å². The van der Waals surface area contributed by atoms with Crippen LogP contribution in [-0.4, -0.2) is 37.0 Å². The predicted octanol–water partition coefficient (Wildman–Crippen LogP) is 1.55. The molecule has 3 heteroatoms. The average Bonchev–Trinajstić information content (AvgIpc) is 2.42. The van der Waals surface area contributed by atoms with Crippen molar-refractivity contribution in [3.8, 4) is 0 Å². The highest BCUT2D eigenvalue weighted by atomic mass is 16.2. The predicted molar refractivity (Wildman–Crippen MR) is 62.7 cm³/mol. The number of rotatable bonds is 5. The summed E-state index contributed by atoms with van der Waals surface area (Å²) in [4.78, 5) is 13.6. The fraction of sp³-hybridized carbons (Fsp3) is 0.750. The first-order valence-corrected chi connectivity index (χ1v) is 5.89. The minimum atomic E-state index is 0.296. The molecule has 0 bridgehead atoms. The van der Waals surface area contributed by atoms with Gasteiger partial charge in [-0.3, -0.25) is 4.79 Å². The molecule has 1 fully saturated rings. The summed E-state index contributed by atoms with van der Waals surface area (Å²) in [6.45, 7) is 9.47. The topological polar surface area (TPSA) is 32.3 Å². The molecule has 0 spiro atoms. The lowest BCUT2D eigenvalue weighted by atomic mass is 10.2. The Labute approximate surface area is 92.5 Å². The van der Waals surface area contributed by atoms with Crippen molar-refractivity contribution in [1.29, 1.82) is 0 Å². The molecule has 1 heterocycles. The Hall–Kier alpha value is -0.830. The summed E-state index contributed by atoms with van der Waals surface area (Å²) >= 11 is 0. The van der Waals surface area contributed by atoms with Gasteiger partial charge in [0.15, 0.2) is 0 Å². The molecule has 0 aromatic rings. The van der Waals surface area contributed by atoms with Gasteiger partial charge < -0.3 is 10.2 Å². The quantitative estimate of drug-likeness (QED) is 0.698. The third-order valence-electron chi connectivity index (χ3n) is 2.71. The van der Waals surface area contributed by atoms with Crippen LogP contribution in [0.2, 0.25) is 0 Å². The molecule has 0 aliphatic carbocycles. The molecule has 1 rings (SSSR count). The Bertz CT molecular complexity index is 226. The van der Waals surface area contributed by atoms with Gasteiger partial charge in [-0.15, -0.1) is 0 Å². The van der Waals surface area contributed by atoms with Gasteiger partial charge in [0.2, 0.25) is 5.91 Å². The Morgan fingerprint density at radius 3 is 3.00 bits per heavy atom. The van der Waals surface area contributed by atoms with Gasteiger partial charge >= 0.3 is 0 Å². The van der Waals surface area contributed by atoms with E-state index < -0.39 is 0 Å². The monoisotopic (exact) mass is 210 g/mol. The number of nitrogens with one attached hydrogen (secondary N) is 1. The van der Waals surface area contributed by atoms with Crippen molar-refractivity contribution in [1.82, 2.24) is 10.2 Å². The summed E-state index contributed by atoms with van der Waals surface area (Å²) in [5.74, 6) is 0.296. The van der Waals surface area contributed by atoms with Crippen LogP contribution in [0, 0.1) is 0 Å². The van der Waals surface area contributed by atoms with E-state index in [0.717, 1.165) is 44.6 Å². The van der Waals surface area contributed by atoms with Crippen LogP contribution in [0.25, 0.3) is 0 Å². The summed E-state index contributed by atoms with van der Waals surface area (Å²) < 4.78 is 0. The molecule has 86 valence electrons. The van der Waals surface area contributed by atoms with E-state index >= 15 is 0 Å². The summed E-state index contributed by atoms with van der Waals surface area (Å²) in [5.41, 5.74) is 1.10. The Balaban J connectivity index is 2.34. The molecule has 0 saturated carbocycles. The first-order valence-electron chi connectivity index (χ1n) is 5.89. The fourth-order valence-electron chi connectivity index (χ4n) is 1.83. The van der Waals surface area contributed by atoms with Crippen LogP contribution in [0.4, 0.5) is 0 Å². The Morgan fingerprint density at radius 1 is 1.47 bits per heavy atom. The SMILES string of the molecule is C=C(CNCC)CN1CCCCCC1=O. The van der Waals surface area contributed by atoms with Crippen LogP contribution in [0.3, 0.4) is 0 Å². The van der Waals surface area contributed by atoms with E-state index in [-0.39, 0.29) is 0 Å². The smallest absolute Gasteiger partial charge is 0.222 e. The molecule has 1 aliphatic rings. The maximum absolute atomic E-state index is 11.7. The number of hydrogen-bond donors (Lipinski definition) is 1. The molecule has 15 heavy (non-hydrogen) atoms. The van der Waals surface area contributed by atoms with Crippen LogP contribution in [0.5, 0.6) is 0 Å². The van der Waals surface area contributed by atoms with Crippen LogP contribution in [0.1, 0.15) is 32.6 Å². The first-order chi connectivity index (χ1) is 7.24. The summed E-state index contributed by atoms with van der Waals surface area (Å²) in [7, 11) is 0. The van der Waals surface area contributed by atoms with E-state index in [4.69, 9.17) is 0 Å². The average molecular weight is 210 g/mol. The summed E-state index contributed by atoms with van der Waals surface area (Å²) in [6, 6.07) is 0. The number of carbonyl (C=O) groups is 1. The van der Waals surface area contributed by atoms with Gasteiger partial charge in [-0.1, -0.05) is 19.9 Å². The van der Waals surface area contributed by atoms with Crippen molar-refractivity contribution in [3.05, 3.63) is 12.2 Å². The molecule has 0 aromatic carbocycles. The van der Waals surface area contributed by atoms with Crippen molar-refractivity contribution in [2.24, 2.45) is 0 Å². The zero-order chi connectivity index (χ0) is 11.1. The Kier molecular flexibility index (Phi) is 5.40. The highest BCUT2D eigenvalue weighted by Crippen LogP contribution is 2.11. The van der Waals surface area contributed by atoms with Gasteiger partial charge in [-0.05, 0) is 25.0 Å². The molecule has 1 aliphatic heterocycles. The third kappa shape index (κ3) is 4.47. The molecule has 0 radical (unpaired) electrons. The van der Waals surface area contributed by atoms with Crippen molar-refractivity contribution < 1.29 is 4.79 Å². The minimum absolute atomic E-state index is 0.296. The third-order valence-corrected chi connectivity index (χ3v) is 2.71. The molecule has 1 N–H and O–H groups in total. The van der Waals surface area contributed by atoms with Crippen LogP contribution >= 0.6 is 0 Å². The van der Waals surface area contributed by atoms with Crippen LogP contribution in [-0.2, 0) is 4.79 Å².